The summed E-state index contributed by atoms with van der Waals surface area (Å²) in [6, 6.07) is 9.67. The standard InChI is InChI=1S/C13H11ClF2N2/c14-12-4-2-1-3-11(12)13(18-17)8-5-9(15)7-10(16)6-8/h1-7,13,18H,17H2. The molecule has 0 heterocycles. The van der Waals surface area contributed by atoms with Crippen molar-refractivity contribution in [2.24, 2.45) is 5.84 Å². The van der Waals surface area contributed by atoms with E-state index in [0.29, 0.717) is 16.1 Å². The summed E-state index contributed by atoms with van der Waals surface area (Å²) < 4.78 is 26.4. The smallest absolute Gasteiger partial charge is 0.126 e. The van der Waals surface area contributed by atoms with Crippen molar-refractivity contribution >= 4 is 11.6 Å². The Bertz CT molecular complexity index is 540. The lowest BCUT2D eigenvalue weighted by molar-refractivity contribution is 0.566. The van der Waals surface area contributed by atoms with E-state index in [1.807, 2.05) is 0 Å². The van der Waals surface area contributed by atoms with E-state index in [1.54, 1.807) is 24.3 Å². The quantitative estimate of drug-likeness (QED) is 0.663. The van der Waals surface area contributed by atoms with Crippen molar-refractivity contribution in [3.05, 3.63) is 70.2 Å². The number of hydrazine groups is 1. The zero-order valence-corrected chi connectivity index (χ0v) is 10.1. The molecule has 18 heavy (non-hydrogen) atoms. The molecular weight excluding hydrogens is 258 g/mol. The topological polar surface area (TPSA) is 38.0 Å². The van der Waals surface area contributed by atoms with Gasteiger partial charge in [-0.2, -0.15) is 0 Å². The van der Waals surface area contributed by atoms with Crippen LogP contribution >= 0.6 is 11.6 Å². The van der Waals surface area contributed by atoms with Crippen LogP contribution in [0.1, 0.15) is 17.2 Å². The molecule has 0 aliphatic carbocycles. The molecule has 2 aromatic rings. The Morgan fingerprint density at radius 2 is 1.67 bits per heavy atom. The zero-order chi connectivity index (χ0) is 13.1. The van der Waals surface area contributed by atoms with Crippen molar-refractivity contribution in [1.29, 1.82) is 0 Å². The lowest BCUT2D eigenvalue weighted by atomic mass is 9.99. The van der Waals surface area contributed by atoms with Gasteiger partial charge < -0.3 is 0 Å². The van der Waals surface area contributed by atoms with Crippen LogP contribution in [0.5, 0.6) is 0 Å². The molecule has 94 valence electrons. The van der Waals surface area contributed by atoms with Gasteiger partial charge in [-0.1, -0.05) is 29.8 Å². The summed E-state index contributed by atoms with van der Waals surface area (Å²) in [6.45, 7) is 0. The maximum atomic E-state index is 13.2. The molecule has 2 aromatic carbocycles. The molecule has 0 bridgehead atoms. The Labute approximate surface area is 108 Å². The molecule has 0 saturated carbocycles. The van der Waals surface area contributed by atoms with Gasteiger partial charge in [0.2, 0.25) is 0 Å². The first kappa shape index (κ1) is 13.0. The van der Waals surface area contributed by atoms with Gasteiger partial charge in [-0.15, -0.1) is 0 Å². The average molecular weight is 269 g/mol. The average Bonchev–Trinajstić information content (AvgIpc) is 2.31. The lowest BCUT2D eigenvalue weighted by Gasteiger charge is -2.18. The summed E-state index contributed by atoms with van der Waals surface area (Å²) in [4.78, 5) is 0. The number of rotatable bonds is 3. The molecule has 2 rings (SSSR count). The van der Waals surface area contributed by atoms with Crippen LogP contribution in [0.25, 0.3) is 0 Å². The van der Waals surface area contributed by atoms with Crippen LogP contribution in [-0.4, -0.2) is 0 Å². The second-order valence-corrected chi connectivity index (χ2v) is 4.23. The third kappa shape index (κ3) is 2.67. The largest absolute Gasteiger partial charge is 0.271 e. The van der Waals surface area contributed by atoms with E-state index in [1.165, 1.54) is 12.1 Å². The molecule has 0 amide bonds. The summed E-state index contributed by atoms with van der Waals surface area (Å²) in [5, 5.41) is 0.477. The minimum absolute atomic E-state index is 0.378. The summed E-state index contributed by atoms with van der Waals surface area (Å²) in [6.07, 6.45) is 0. The highest BCUT2D eigenvalue weighted by Crippen LogP contribution is 2.28. The molecule has 1 unspecified atom stereocenters. The Kier molecular flexibility index (Phi) is 3.91. The lowest BCUT2D eigenvalue weighted by Crippen LogP contribution is -2.29. The minimum atomic E-state index is -0.655. The number of hydrogen-bond donors (Lipinski definition) is 2. The third-order valence-electron chi connectivity index (χ3n) is 2.60. The van der Waals surface area contributed by atoms with Crippen LogP contribution in [0, 0.1) is 11.6 Å². The fourth-order valence-corrected chi connectivity index (χ4v) is 2.06. The molecule has 0 fully saturated rings. The van der Waals surface area contributed by atoms with Gasteiger partial charge in [0.25, 0.3) is 0 Å². The highest BCUT2D eigenvalue weighted by atomic mass is 35.5. The van der Waals surface area contributed by atoms with Gasteiger partial charge in [-0.3, -0.25) is 5.84 Å². The number of hydrogen-bond acceptors (Lipinski definition) is 2. The zero-order valence-electron chi connectivity index (χ0n) is 9.33. The summed E-state index contributed by atoms with van der Waals surface area (Å²) in [5.41, 5.74) is 3.55. The molecule has 0 radical (unpaired) electrons. The molecule has 5 heteroatoms. The van der Waals surface area contributed by atoms with E-state index in [9.17, 15) is 8.78 Å². The molecule has 0 spiro atoms. The van der Waals surface area contributed by atoms with Crippen molar-refractivity contribution < 1.29 is 8.78 Å². The number of nitrogens with one attached hydrogen (secondary N) is 1. The van der Waals surface area contributed by atoms with Crippen LogP contribution in [0.3, 0.4) is 0 Å². The van der Waals surface area contributed by atoms with E-state index < -0.39 is 17.7 Å². The molecule has 2 nitrogen and oxygen atoms in total. The predicted molar refractivity (Wildman–Crippen MR) is 67.0 cm³/mol. The van der Waals surface area contributed by atoms with Gasteiger partial charge in [-0.25, -0.2) is 14.2 Å². The summed E-state index contributed by atoms with van der Waals surface area (Å²) in [5.74, 6) is 4.14. The van der Waals surface area contributed by atoms with Gasteiger partial charge >= 0.3 is 0 Å². The molecule has 3 N–H and O–H groups in total. The summed E-state index contributed by atoms with van der Waals surface area (Å²) >= 11 is 6.04. The van der Waals surface area contributed by atoms with E-state index in [-0.39, 0.29) is 0 Å². The van der Waals surface area contributed by atoms with Crippen molar-refractivity contribution in [2.75, 3.05) is 0 Å². The predicted octanol–water partition coefficient (Wildman–Crippen LogP) is 3.17. The Hall–Kier alpha value is -1.49. The first-order valence-corrected chi connectivity index (χ1v) is 5.66. The minimum Gasteiger partial charge on any atom is -0.271 e. The van der Waals surface area contributed by atoms with E-state index in [4.69, 9.17) is 17.4 Å². The van der Waals surface area contributed by atoms with Gasteiger partial charge in [-0.05, 0) is 29.3 Å². The Morgan fingerprint density at radius 1 is 1.06 bits per heavy atom. The molecule has 0 saturated heterocycles. The highest BCUT2D eigenvalue weighted by Gasteiger charge is 2.16. The van der Waals surface area contributed by atoms with E-state index in [2.05, 4.69) is 5.43 Å². The highest BCUT2D eigenvalue weighted by molar-refractivity contribution is 6.31. The van der Waals surface area contributed by atoms with Gasteiger partial charge in [0.15, 0.2) is 0 Å². The number of halogens is 3. The third-order valence-corrected chi connectivity index (χ3v) is 2.95. The Balaban J connectivity index is 2.48. The van der Waals surface area contributed by atoms with Gasteiger partial charge in [0.05, 0.1) is 6.04 Å². The second kappa shape index (κ2) is 5.44. The fraction of sp³-hybridized carbons (Fsp3) is 0.0769. The second-order valence-electron chi connectivity index (χ2n) is 3.82. The monoisotopic (exact) mass is 268 g/mol. The van der Waals surface area contributed by atoms with Crippen LogP contribution in [0.2, 0.25) is 5.02 Å². The molecular formula is C13H11ClF2N2. The number of benzene rings is 2. The van der Waals surface area contributed by atoms with E-state index in [0.717, 1.165) is 6.07 Å². The van der Waals surface area contributed by atoms with Crippen LogP contribution in [0.15, 0.2) is 42.5 Å². The first-order valence-electron chi connectivity index (χ1n) is 5.28. The molecule has 0 aliphatic heterocycles. The summed E-state index contributed by atoms with van der Waals surface area (Å²) in [7, 11) is 0. The van der Waals surface area contributed by atoms with Crippen molar-refractivity contribution in [1.82, 2.24) is 5.43 Å². The SMILES string of the molecule is NNC(c1cc(F)cc(F)c1)c1ccccc1Cl. The van der Waals surface area contributed by atoms with Crippen LogP contribution in [-0.2, 0) is 0 Å². The maximum absolute atomic E-state index is 13.2. The molecule has 0 aliphatic rings. The van der Waals surface area contributed by atoms with E-state index >= 15 is 0 Å². The van der Waals surface area contributed by atoms with Gasteiger partial charge in [0.1, 0.15) is 11.6 Å². The normalized spacial score (nSPS) is 12.4. The van der Waals surface area contributed by atoms with Crippen LogP contribution in [0.4, 0.5) is 8.78 Å². The van der Waals surface area contributed by atoms with Gasteiger partial charge in [0, 0.05) is 11.1 Å². The van der Waals surface area contributed by atoms with Crippen molar-refractivity contribution in [3.8, 4) is 0 Å². The van der Waals surface area contributed by atoms with Crippen molar-refractivity contribution in [3.63, 3.8) is 0 Å². The maximum Gasteiger partial charge on any atom is 0.126 e. The molecule has 1 atom stereocenters. The molecule has 0 aromatic heterocycles. The fourth-order valence-electron chi connectivity index (χ4n) is 1.82. The Morgan fingerprint density at radius 3 is 2.22 bits per heavy atom. The van der Waals surface area contributed by atoms with Crippen molar-refractivity contribution in [2.45, 2.75) is 6.04 Å². The number of nitrogens with two attached hydrogens (primary N) is 1. The van der Waals surface area contributed by atoms with Crippen LogP contribution < -0.4 is 11.3 Å². The first-order chi connectivity index (χ1) is 8.61.